The predicted octanol–water partition coefficient (Wildman–Crippen LogP) is 1.76. The molecule has 2 N–H and O–H groups in total. The van der Waals surface area contributed by atoms with E-state index in [-0.39, 0.29) is 0 Å². The third kappa shape index (κ3) is 3.47. The Kier molecular flexibility index (Phi) is 3.77. The van der Waals surface area contributed by atoms with E-state index >= 15 is 0 Å². The van der Waals surface area contributed by atoms with Crippen LogP contribution in [0.5, 0.6) is 0 Å². The molecule has 2 nitrogen and oxygen atoms in total. The molecule has 0 heterocycles. The highest BCUT2D eigenvalue weighted by Gasteiger charge is 1.96. The third-order valence-electron chi connectivity index (χ3n) is 2.27. The summed E-state index contributed by atoms with van der Waals surface area (Å²) >= 11 is 0. The average molecular weight is 178 g/mol. The van der Waals surface area contributed by atoms with Gasteiger partial charge >= 0.3 is 0 Å². The molecule has 1 rings (SSSR count). The molecule has 0 unspecified atom stereocenters. The number of nitrogen functional groups attached to an aromatic ring is 1. The largest absolute Gasteiger partial charge is 0.399 e. The summed E-state index contributed by atoms with van der Waals surface area (Å²) in [6.45, 7) is 4.36. The Balaban J connectivity index is 2.45. The lowest BCUT2D eigenvalue weighted by Crippen LogP contribution is -2.20. The molecule has 2 heteroatoms. The normalized spacial score (nSPS) is 10.7. The first-order valence-electron chi connectivity index (χ1n) is 4.75. The smallest absolute Gasteiger partial charge is 0.0316 e. The summed E-state index contributed by atoms with van der Waals surface area (Å²) in [4.78, 5) is 2.29. The molecule has 0 spiro atoms. The molecule has 0 aliphatic heterocycles. The molecule has 0 aliphatic rings. The Labute approximate surface area is 80.4 Å². The van der Waals surface area contributed by atoms with Crippen LogP contribution in [0.4, 0.5) is 5.69 Å². The van der Waals surface area contributed by atoms with Gasteiger partial charge in [-0.1, -0.05) is 19.1 Å². The van der Waals surface area contributed by atoms with Crippen LogP contribution in [0.25, 0.3) is 0 Å². The summed E-state index contributed by atoms with van der Waals surface area (Å²) in [5.74, 6) is 0. The quantitative estimate of drug-likeness (QED) is 0.712. The minimum Gasteiger partial charge on any atom is -0.399 e. The second-order valence-electron chi connectivity index (χ2n) is 3.39. The van der Waals surface area contributed by atoms with Gasteiger partial charge < -0.3 is 10.6 Å². The van der Waals surface area contributed by atoms with Crippen molar-refractivity contribution < 1.29 is 0 Å². The van der Waals surface area contributed by atoms with E-state index in [9.17, 15) is 0 Å². The van der Waals surface area contributed by atoms with Crippen molar-refractivity contribution >= 4 is 5.69 Å². The molecule has 72 valence electrons. The van der Waals surface area contributed by atoms with Crippen molar-refractivity contribution in [1.82, 2.24) is 4.90 Å². The number of nitrogens with zero attached hydrogens (tertiary/aromatic N) is 1. The Morgan fingerprint density at radius 3 is 2.77 bits per heavy atom. The van der Waals surface area contributed by atoms with Gasteiger partial charge in [-0.25, -0.2) is 0 Å². The van der Waals surface area contributed by atoms with Crippen LogP contribution in [0.2, 0.25) is 0 Å². The second-order valence-corrected chi connectivity index (χ2v) is 3.39. The van der Waals surface area contributed by atoms with Gasteiger partial charge in [0.1, 0.15) is 0 Å². The summed E-state index contributed by atoms with van der Waals surface area (Å²) < 4.78 is 0. The maximum atomic E-state index is 5.68. The lowest BCUT2D eigenvalue weighted by atomic mass is 10.1. The van der Waals surface area contributed by atoms with Crippen molar-refractivity contribution in [2.24, 2.45) is 0 Å². The van der Waals surface area contributed by atoms with E-state index in [0.29, 0.717) is 0 Å². The van der Waals surface area contributed by atoms with E-state index < -0.39 is 0 Å². The molecule has 1 aromatic rings. The summed E-state index contributed by atoms with van der Waals surface area (Å²) in [5, 5.41) is 0. The number of likely N-dealkylation sites (N-methyl/N-ethyl adjacent to an activating group) is 1. The molecule has 0 aliphatic carbocycles. The standard InChI is InChI=1S/C11H18N2/c1-3-13(2)8-7-10-5-4-6-11(12)9-10/h4-6,9H,3,7-8,12H2,1-2H3. The molecule has 13 heavy (non-hydrogen) atoms. The molecule has 0 amide bonds. The molecule has 0 saturated heterocycles. The fraction of sp³-hybridized carbons (Fsp3) is 0.455. The number of anilines is 1. The maximum absolute atomic E-state index is 5.68. The molecule has 0 atom stereocenters. The number of nitrogens with two attached hydrogens (primary N) is 1. The third-order valence-corrected chi connectivity index (χ3v) is 2.27. The maximum Gasteiger partial charge on any atom is 0.0316 e. The number of benzene rings is 1. The van der Waals surface area contributed by atoms with Crippen molar-refractivity contribution in [3.8, 4) is 0 Å². The van der Waals surface area contributed by atoms with Crippen molar-refractivity contribution in [2.45, 2.75) is 13.3 Å². The first kappa shape index (κ1) is 10.1. The first-order valence-corrected chi connectivity index (χ1v) is 4.75. The van der Waals surface area contributed by atoms with E-state index in [1.165, 1.54) is 5.56 Å². The van der Waals surface area contributed by atoms with Crippen LogP contribution >= 0.6 is 0 Å². The Morgan fingerprint density at radius 1 is 1.38 bits per heavy atom. The highest BCUT2D eigenvalue weighted by molar-refractivity contribution is 5.40. The molecule has 0 saturated carbocycles. The molecule has 0 aromatic heterocycles. The van der Waals surface area contributed by atoms with Gasteiger partial charge in [-0.2, -0.15) is 0 Å². The van der Waals surface area contributed by atoms with E-state index in [4.69, 9.17) is 5.73 Å². The fourth-order valence-electron chi connectivity index (χ4n) is 1.23. The van der Waals surface area contributed by atoms with Crippen LogP contribution in [0.3, 0.4) is 0 Å². The Morgan fingerprint density at radius 2 is 2.15 bits per heavy atom. The minimum absolute atomic E-state index is 0.858. The highest BCUT2D eigenvalue weighted by atomic mass is 15.1. The van der Waals surface area contributed by atoms with Crippen LogP contribution in [-0.2, 0) is 6.42 Å². The number of hydrogen-bond donors (Lipinski definition) is 1. The van der Waals surface area contributed by atoms with Crippen LogP contribution < -0.4 is 5.73 Å². The molecule has 0 fully saturated rings. The number of rotatable bonds is 4. The highest BCUT2D eigenvalue weighted by Crippen LogP contribution is 2.07. The minimum atomic E-state index is 0.858. The van der Waals surface area contributed by atoms with Gasteiger partial charge in [0.25, 0.3) is 0 Å². The summed E-state index contributed by atoms with van der Waals surface area (Å²) in [5.41, 5.74) is 7.86. The Bertz CT molecular complexity index is 258. The Hall–Kier alpha value is -1.02. The zero-order valence-corrected chi connectivity index (χ0v) is 8.46. The SMILES string of the molecule is CCN(C)CCc1cccc(N)c1. The van der Waals surface area contributed by atoms with Crippen LogP contribution in [0.15, 0.2) is 24.3 Å². The van der Waals surface area contributed by atoms with Gasteiger partial charge in [-0.3, -0.25) is 0 Å². The van der Waals surface area contributed by atoms with Crippen molar-refractivity contribution in [2.75, 3.05) is 25.9 Å². The van der Waals surface area contributed by atoms with Gasteiger partial charge in [-0.15, -0.1) is 0 Å². The number of hydrogen-bond acceptors (Lipinski definition) is 2. The molecule has 0 radical (unpaired) electrons. The van der Waals surface area contributed by atoms with Crippen LogP contribution in [0.1, 0.15) is 12.5 Å². The summed E-state index contributed by atoms with van der Waals surface area (Å²) in [7, 11) is 2.13. The van der Waals surface area contributed by atoms with Crippen molar-refractivity contribution in [1.29, 1.82) is 0 Å². The van der Waals surface area contributed by atoms with E-state index in [2.05, 4.69) is 24.9 Å². The van der Waals surface area contributed by atoms with Gasteiger partial charge in [0, 0.05) is 12.2 Å². The van der Waals surface area contributed by atoms with Gasteiger partial charge in [-0.05, 0) is 37.7 Å². The van der Waals surface area contributed by atoms with Gasteiger partial charge in [0.15, 0.2) is 0 Å². The van der Waals surface area contributed by atoms with Crippen LogP contribution in [0, 0.1) is 0 Å². The van der Waals surface area contributed by atoms with Gasteiger partial charge in [0.2, 0.25) is 0 Å². The molecular formula is C11H18N2. The van der Waals surface area contributed by atoms with E-state index in [1.807, 2.05) is 18.2 Å². The van der Waals surface area contributed by atoms with Crippen molar-refractivity contribution in [3.63, 3.8) is 0 Å². The monoisotopic (exact) mass is 178 g/mol. The lowest BCUT2D eigenvalue weighted by molar-refractivity contribution is 0.357. The van der Waals surface area contributed by atoms with Gasteiger partial charge in [0.05, 0.1) is 0 Å². The second kappa shape index (κ2) is 4.87. The molecular weight excluding hydrogens is 160 g/mol. The van der Waals surface area contributed by atoms with Crippen LogP contribution in [-0.4, -0.2) is 25.0 Å². The zero-order chi connectivity index (χ0) is 9.68. The van der Waals surface area contributed by atoms with E-state index in [0.717, 1.165) is 25.2 Å². The summed E-state index contributed by atoms with van der Waals surface area (Å²) in [6, 6.07) is 8.10. The summed E-state index contributed by atoms with van der Waals surface area (Å²) in [6.07, 6.45) is 1.08. The molecule has 1 aromatic carbocycles. The fourth-order valence-corrected chi connectivity index (χ4v) is 1.23. The first-order chi connectivity index (χ1) is 6.22. The lowest BCUT2D eigenvalue weighted by Gasteiger charge is -2.13. The average Bonchev–Trinajstić information content (AvgIpc) is 2.14. The predicted molar refractivity (Wildman–Crippen MR) is 57.7 cm³/mol. The van der Waals surface area contributed by atoms with Crippen molar-refractivity contribution in [3.05, 3.63) is 29.8 Å². The molecule has 0 bridgehead atoms. The van der Waals surface area contributed by atoms with E-state index in [1.54, 1.807) is 0 Å². The zero-order valence-electron chi connectivity index (χ0n) is 8.46. The topological polar surface area (TPSA) is 29.3 Å².